The maximum absolute atomic E-state index is 11.9. The van der Waals surface area contributed by atoms with E-state index in [-0.39, 0.29) is 0 Å². The first-order valence-electron chi connectivity index (χ1n) is 6.81. The SMILES string of the molecule is Cn1nc(C2(C(=O)O)CCCCC2)c2ccccc21. The van der Waals surface area contributed by atoms with E-state index in [9.17, 15) is 9.90 Å². The lowest BCUT2D eigenvalue weighted by molar-refractivity contribution is -0.145. The van der Waals surface area contributed by atoms with E-state index in [1.165, 1.54) is 0 Å². The van der Waals surface area contributed by atoms with Crippen molar-refractivity contribution in [3.05, 3.63) is 30.0 Å². The summed E-state index contributed by atoms with van der Waals surface area (Å²) in [4.78, 5) is 11.9. The van der Waals surface area contributed by atoms with E-state index in [4.69, 9.17) is 0 Å². The van der Waals surface area contributed by atoms with Crippen molar-refractivity contribution < 1.29 is 9.90 Å². The lowest BCUT2D eigenvalue weighted by atomic mass is 9.71. The normalized spacial score (nSPS) is 18.6. The molecule has 1 aliphatic carbocycles. The van der Waals surface area contributed by atoms with Gasteiger partial charge in [-0.25, -0.2) is 0 Å². The summed E-state index contributed by atoms with van der Waals surface area (Å²) in [6.45, 7) is 0. The summed E-state index contributed by atoms with van der Waals surface area (Å²) >= 11 is 0. The highest BCUT2D eigenvalue weighted by Crippen LogP contribution is 2.41. The average Bonchev–Trinajstić information content (AvgIpc) is 2.78. The Kier molecular flexibility index (Phi) is 2.81. The number of aliphatic carboxylic acids is 1. The van der Waals surface area contributed by atoms with Crippen molar-refractivity contribution in [1.29, 1.82) is 0 Å². The van der Waals surface area contributed by atoms with Crippen LogP contribution in [-0.4, -0.2) is 20.9 Å². The van der Waals surface area contributed by atoms with Gasteiger partial charge in [-0.05, 0) is 18.9 Å². The van der Waals surface area contributed by atoms with Gasteiger partial charge in [0.1, 0.15) is 5.41 Å². The first kappa shape index (κ1) is 12.2. The van der Waals surface area contributed by atoms with Crippen LogP contribution in [0, 0.1) is 0 Å². The van der Waals surface area contributed by atoms with E-state index in [2.05, 4.69) is 5.10 Å². The fourth-order valence-electron chi connectivity index (χ4n) is 3.27. The molecular formula is C15H18N2O2. The molecule has 0 spiro atoms. The van der Waals surface area contributed by atoms with Gasteiger partial charge in [0.05, 0.1) is 11.2 Å². The van der Waals surface area contributed by atoms with Gasteiger partial charge in [0, 0.05) is 12.4 Å². The van der Waals surface area contributed by atoms with Crippen LogP contribution in [-0.2, 0) is 17.3 Å². The van der Waals surface area contributed by atoms with E-state index in [1.807, 2.05) is 31.3 Å². The Morgan fingerprint density at radius 2 is 1.95 bits per heavy atom. The van der Waals surface area contributed by atoms with Gasteiger partial charge < -0.3 is 5.11 Å². The first-order chi connectivity index (χ1) is 9.15. The van der Waals surface area contributed by atoms with Gasteiger partial charge in [-0.2, -0.15) is 5.10 Å². The molecule has 1 N–H and O–H groups in total. The maximum Gasteiger partial charge on any atom is 0.315 e. The van der Waals surface area contributed by atoms with Gasteiger partial charge >= 0.3 is 5.97 Å². The predicted molar refractivity (Wildman–Crippen MR) is 73.1 cm³/mol. The lowest BCUT2D eigenvalue weighted by Gasteiger charge is -2.31. The quantitative estimate of drug-likeness (QED) is 0.901. The molecule has 0 aliphatic heterocycles. The molecule has 0 amide bonds. The molecule has 0 radical (unpaired) electrons. The van der Waals surface area contributed by atoms with E-state index < -0.39 is 11.4 Å². The maximum atomic E-state index is 11.9. The molecule has 100 valence electrons. The number of carboxylic acid groups (broad SMARTS) is 1. The van der Waals surface area contributed by atoms with Gasteiger partial charge in [-0.15, -0.1) is 0 Å². The predicted octanol–water partition coefficient (Wildman–Crippen LogP) is 2.86. The zero-order valence-electron chi connectivity index (χ0n) is 11.1. The van der Waals surface area contributed by atoms with Crippen LogP contribution in [0.2, 0.25) is 0 Å². The highest BCUT2D eigenvalue weighted by atomic mass is 16.4. The summed E-state index contributed by atoms with van der Waals surface area (Å²) in [6, 6.07) is 7.88. The van der Waals surface area contributed by atoms with Crippen LogP contribution in [0.25, 0.3) is 10.9 Å². The van der Waals surface area contributed by atoms with Crippen molar-refractivity contribution in [2.24, 2.45) is 7.05 Å². The number of rotatable bonds is 2. The van der Waals surface area contributed by atoms with Crippen molar-refractivity contribution in [3.8, 4) is 0 Å². The van der Waals surface area contributed by atoms with E-state index >= 15 is 0 Å². The van der Waals surface area contributed by atoms with Crippen molar-refractivity contribution in [3.63, 3.8) is 0 Å². The monoisotopic (exact) mass is 258 g/mol. The summed E-state index contributed by atoms with van der Waals surface area (Å²) in [7, 11) is 1.88. The van der Waals surface area contributed by atoms with Crippen molar-refractivity contribution in [2.45, 2.75) is 37.5 Å². The molecule has 1 aromatic carbocycles. The van der Waals surface area contributed by atoms with Gasteiger partial charge in [-0.3, -0.25) is 9.48 Å². The number of fused-ring (bicyclic) bond motifs is 1. The molecule has 19 heavy (non-hydrogen) atoms. The second-order valence-corrected chi connectivity index (χ2v) is 5.44. The smallest absolute Gasteiger partial charge is 0.315 e. The molecule has 1 aromatic heterocycles. The minimum atomic E-state index is -0.793. The van der Waals surface area contributed by atoms with Gasteiger partial charge in [0.25, 0.3) is 0 Å². The minimum Gasteiger partial charge on any atom is -0.481 e. The van der Waals surface area contributed by atoms with E-state index in [1.54, 1.807) is 4.68 Å². The first-order valence-corrected chi connectivity index (χ1v) is 6.81. The number of nitrogens with zero attached hydrogens (tertiary/aromatic N) is 2. The third-order valence-corrected chi connectivity index (χ3v) is 4.33. The lowest BCUT2D eigenvalue weighted by Crippen LogP contribution is -2.38. The van der Waals surface area contributed by atoms with Crippen LogP contribution in [0.5, 0.6) is 0 Å². The zero-order chi connectivity index (χ0) is 13.5. The Bertz CT molecular complexity index is 624. The Morgan fingerprint density at radius 1 is 1.26 bits per heavy atom. The summed E-state index contributed by atoms with van der Waals surface area (Å²) in [5, 5.41) is 15.3. The number of aromatic nitrogens is 2. The minimum absolute atomic E-state index is 0.698. The molecule has 4 nitrogen and oxygen atoms in total. The fraction of sp³-hybridized carbons (Fsp3) is 0.467. The molecule has 0 bridgehead atoms. The molecule has 3 rings (SSSR count). The summed E-state index contributed by atoms with van der Waals surface area (Å²) in [5.74, 6) is -0.726. The molecule has 0 saturated heterocycles. The van der Waals surface area contributed by atoms with Gasteiger partial charge in [0.2, 0.25) is 0 Å². The molecular weight excluding hydrogens is 240 g/mol. The van der Waals surface area contributed by atoms with E-state index in [0.29, 0.717) is 12.8 Å². The topological polar surface area (TPSA) is 55.1 Å². The average molecular weight is 258 g/mol. The number of para-hydroxylation sites is 1. The zero-order valence-corrected chi connectivity index (χ0v) is 11.1. The van der Waals surface area contributed by atoms with Gasteiger partial charge in [-0.1, -0.05) is 37.5 Å². The Hall–Kier alpha value is -1.84. The Labute approximate surface area is 112 Å². The molecule has 0 atom stereocenters. The van der Waals surface area contributed by atoms with Crippen LogP contribution in [0.4, 0.5) is 0 Å². The van der Waals surface area contributed by atoms with Gasteiger partial charge in [0.15, 0.2) is 0 Å². The molecule has 1 fully saturated rings. The highest BCUT2D eigenvalue weighted by molar-refractivity contribution is 5.90. The summed E-state index contributed by atoms with van der Waals surface area (Å²) in [6.07, 6.45) is 4.46. The highest BCUT2D eigenvalue weighted by Gasteiger charge is 2.44. The van der Waals surface area contributed by atoms with Crippen LogP contribution < -0.4 is 0 Å². The second-order valence-electron chi connectivity index (χ2n) is 5.44. The van der Waals surface area contributed by atoms with E-state index in [0.717, 1.165) is 35.9 Å². The number of carboxylic acids is 1. The number of benzene rings is 1. The van der Waals surface area contributed by atoms with Crippen molar-refractivity contribution >= 4 is 16.9 Å². The largest absolute Gasteiger partial charge is 0.481 e. The fourth-order valence-corrected chi connectivity index (χ4v) is 3.27. The third kappa shape index (κ3) is 1.74. The van der Waals surface area contributed by atoms with Crippen LogP contribution in [0.3, 0.4) is 0 Å². The summed E-state index contributed by atoms with van der Waals surface area (Å²) < 4.78 is 1.80. The summed E-state index contributed by atoms with van der Waals surface area (Å²) in [5.41, 5.74) is 0.959. The second kappa shape index (κ2) is 4.37. The number of hydrogen-bond acceptors (Lipinski definition) is 2. The standard InChI is InChI=1S/C15H18N2O2/c1-17-12-8-4-3-7-11(12)13(16-17)15(14(18)19)9-5-2-6-10-15/h3-4,7-8H,2,5-6,9-10H2,1H3,(H,18,19). The molecule has 4 heteroatoms. The molecule has 0 unspecified atom stereocenters. The van der Waals surface area contributed by atoms with Crippen molar-refractivity contribution in [2.75, 3.05) is 0 Å². The van der Waals surface area contributed by atoms with Crippen LogP contribution >= 0.6 is 0 Å². The molecule has 2 aromatic rings. The molecule has 1 heterocycles. The number of aryl methyl sites for hydroxylation is 1. The molecule has 1 saturated carbocycles. The number of hydrogen-bond donors (Lipinski definition) is 1. The van der Waals surface area contributed by atoms with Crippen LogP contribution in [0.1, 0.15) is 37.8 Å². The number of carbonyl (C=O) groups is 1. The third-order valence-electron chi connectivity index (χ3n) is 4.33. The van der Waals surface area contributed by atoms with Crippen LogP contribution in [0.15, 0.2) is 24.3 Å². The Morgan fingerprint density at radius 3 is 2.63 bits per heavy atom. The van der Waals surface area contributed by atoms with Crippen molar-refractivity contribution in [1.82, 2.24) is 9.78 Å². The molecule has 1 aliphatic rings. The Balaban J connectivity index is 2.23.